The molecule has 0 fully saturated rings. The summed E-state index contributed by atoms with van der Waals surface area (Å²) >= 11 is 0. The lowest BCUT2D eigenvalue weighted by Gasteiger charge is -2.09. The molecule has 0 aliphatic rings. The molecule has 0 saturated carbocycles. The summed E-state index contributed by atoms with van der Waals surface area (Å²) in [6.45, 7) is 3.12. The van der Waals surface area contributed by atoms with Crippen LogP contribution in [0.1, 0.15) is 18.9 Å². The number of nitrogens with zero attached hydrogens (tertiary/aromatic N) is 2. The number of aromatic nitrogens is 2. The third-order valence-corrected chi connectivity index (χ3v) is 2.62. The minimum atomic E-state index is -0.440. The van der Waals surface area contributed by atoms with E-state index in [0.717, 1.165) is 25.1 Å². The van der Waals surface area contributed by atoms with Crippen molar-refractivity contribution in [2.75, 3.05) is 5.32 Å². The first-order valence-electron chi connectivity index (χ1n) is 5.89. The summed E-state index contributed by atoms with van der Waals surface area (Å²) in [4.78, 5) is 4.14. The molecular weight excluding hydrogens is 236 g/mol. The van der Waals surface area contributed by atoms with Crippen molar-refractivity contribution in [1.29, 1.82) is 0 Å². The van der Waals surface area contributed by atoms with E-state index in [1.807, 2.05) is 10.8 Å². The van der Waals surface area contributed by atoms with E-state index in [1.165, 1.54) is 6.07 Å². The molecule has 0 atom stereocenters. The van der Waals surface area contributed by atoms with Crippen LogP contribution in [0.15, 0.2) is 30.6 Å². The Hall–Kier alpha value is -1.91. The molecule has 3 nitrogen and oxygen atoms in total. The molecule has 1 heterocycles. The van der Waals surface area contributed by atoms with E-state index in [-0.39, 0.29) is 6.54 Å². The second-order valence-electron chi connectivity index (χ2n) is 4.03. The average Bonchev–Trinajstić information content (AvgIpc) is 2.78. The Morgan fingerprint density at radius 1 is 1.33 bits per heavy atom. The van der Waals surface area contributed by atoms with E-state index >= 15 is 0 Å². The zero-order chi connectivity index (χ0) is 13.0. The highest BCUT2D eigenvalue weighted by atomic mass is 19.1. The third-order valence-electron chi connectivity index (χ3n) is 2.62. The minimum absolute atomic E-state index is 0.213. The second-order valence-corrected chi connectivity index (χ2v) is 4.03. The van der Waals surface area contributed by atoms with Crippen molar-refractivity contribution < 1.29 is 8.78 Å². The van der Waals surface area contributed by atoms with Gasteiger partial charge < -0.3 is 9.88 Å². The van der Waals surface area contributed by atoms with Crippen LogP contribution in [0.2, 0.25) is 0 Å². The van der Waals surface area contributed by atoms with Gasteiger partial charge >= 0.3 is 0 Å². The molecule has 96 valence electrons. The van der Waals surface area contributed by atoms with Gasteiger partial charge in [-0.05, 0) is 24.6 Å². The lowest BCUT2D eigenvalue weighted by Crippen LogP contribution is -2.08. The summed E-state index contributed by atoms with van der Waals surface area (Å²) in [5.41, 5.74) is 0.293. The molecule has 2 aromatic rings. The fourth-order valence-corrected chi connectivity index (χ4v) is 1.75. The van der Waals surface area contributed by atoms with Crippen molar-refractivity contribution in [3.05, 3.63) is 47.8 Å². The normalized spacial score (nSPS) is 10.6. The van der Waals surface area contributed by atoms with Gasteiger partial charge in [0.05, 0.1) is 0 Å². The molecule has 2 rings (SSSR count). The number of aryl methyl sites for hydroxylation is 1. The van der Waals surface area contributed by atoms with Crippen LogP contribution in [0.5, 0.6) is 0 Å². The maximum Gasteiger partial charge on any atom is 0.203 e. The van der Waals surface area contributed by atoms with Gasteiger partial charge in [-0.15, -0.1) is 0 Å². The SMILES string of the molecule is CCCn1ccnc1NCc1cc(F)ccc1F. The molecule has 0 amide bonds. The van der Waals surface area contributed by atoms with Gasteiger partial charge in [0.2, 0.25) is 5.95 Å². The number of rotatable bonds is 5. The molecule has 0 aliphatic carbocycles. The van der Waals surface area contributed by atoms with E-state index in [4.69, 9.17) is 0 Å². The fraction of sp³-hybridized carbons (Fsp3) is 0.308. The van der Waals surface area contributed by atoms with Gasteiger partial charge in [-0.25, -0.2) is 13.8 Å². The number of benzene rings is 1. The van der Waals surface area contributed by atoms with E-state index < -0.39 is 11.6 Å². The molecule has 0 spiro atoms. The lowest BCUT2D eigenvalue weighted by atomic mass is 10.2. The summed E-state index contributed by atoms with van der Waals surface area (Å²) in [5, 5.41) is 3.01. The molecule has 1 N–H and O–H groups in total. The second kappa shape index (κ2) is 5.62. The van der Waals surface area contributed by atoms with E-state index in [2.05, 4.69) is 17.2 Å². The Labute approximate surface area is 104 Å². The molecule has 1 aromatic carbocycles. The first-order valence-corrected chi connectivity index (χ1v) is 5.89. The predicted molar refractivity (Wildman–Crippen MR) is 66.2 cm³/mol. The number of hydrogen-bond donors (Lipinski definition) is 1. The first kappa shape index (κ1) is 12.5. The van der Waals surface area contributed by atoms with Crippen molar-refractivity contribution in [3.8, 4) is 0 Å². The average molecular weight is 251 g/mol. The van der Waals surface area contributed by atoms with E-state index in [0.29, 0.717) is 11.5 Å². The Bertz CT molecular complexity index is 523. The number of nitrogens with one attached hydrogen (secondary N) is 1. The van der Waals surface area contributed by atoms with Crippen LogP contribution >= 0.6 is 0 Å². The van der Waals surface area contributed by atoms with Crippen LogP contribution < -0.4 is 5.32 Å². The smallest absolute Gasteiger partial charge is 0.203 e. The van der Waals surface area contributed by atoms with Crippen LogP contribution in [0.25, 0.3) is 0 Å². The van der Waals surface area contributed by atoms with Crippen molar-refractivity contribution >= 4 is 5.95 Å². The first-order chi connectivity index (χ1) is 8.70. The highest BCUT2D eigenvalue weighted by Gasteiger charge is 2.06. The molecule has 0 radical (unpaired) electrons. The molecule has 1 aromatic heterocycles. The zero-order valence-electron chi connectivity index (χ0n) is 10.2. The topological polar surface area (TPSA) is 29.9 Å². The third kappa shape index (κ3) is 2.85. The number of imidazole rings is 1. The molecule has 0 unspecified atom stereocenters. The summed E-state index contributed by atoms with van der Waals surface area (Å²) in [6, 6.07) is 3.43. The Morgan fingerprint density at radius 2 is 2.17 bits per heavy atom. The van der Waals surface area contributed by atoms with Gasteiger partial charge in [-0.1, -0.05) is 6.92 Å². The van der Waals surface area contributed by atoms with Crippen LogP contribution in [-0.4, -0.2) is 9.55 Å². The monoisotopic (exact) mass is 251 g/mol. The maximum absolute atomic E-state index is 13.4. The van der Waals surface area contributed by atoms with Gasteiger partial charge in [0.15, 0.2) is 0 Å². The van der Waals surface area contributed by atoms with Crippen molar-refractivity contribution in [2.45, 2.75) is 26.4 Å². The summed E-state index contributed by atoms with van der Waals surface area (Å²) in [7, 11) is 0. The summed E-state index contributed by atoms with van der Waals surface area (Å²) in [6.07, 6.45) is 4.52. The van der Waals surface area contributed by atoms with E-state index in [1.54, 1.807) is 6.20 Å². The molecule has 0 saturated heterocycles. The van der Waals surface area contributed by atoms with Gasteiger partial charge in [-0.3, -0.25) is 0 Å². The van der Waals surface area contributed by atoms with Crippen molar-refractivity contribution in [1.82, 2.24) is 9.55 Å². The maximum atomic E-state index is 13.4. The number of hydrogen-bond acceptors (Lipinski definition) is 2. The standard InChI is InChI=1S/C13H15F2N3/c1-2-6-18-7-5-16-13(18)17-9-10-8-11(14)3-4-12(10)15/h3-5,7-8H,2,6,9H2,1H3,(H,16,17). The minimum Gasteiger partial charge on any atom is -0.351 e. The van der Waals surface area contributed by atoms with Gasteiger partial charge in [0.25, 0.3) is 0 Å². The number of halogens is 2. The van der Waals surface area contributed by atoms with Crippen LogP contribution in [-0.2, 0) is 13.1 Å². The van der Waals surface area contributed by atoms with Crippen molar-refractivity contribution in [3.63, 3.8) is 0 Å². The zero-order valence-corrected chi connectivity index (χ0v) is 10.2. The van der Waals surface area contributed by atoms with E-state index in [9.17, 15) is 8.78 Å². The lowest BCUT2D eigenvalue weighted by molar-refractivity contribution is 0.587. The quantitative estimate of drug-likeness (QED) is 0.884. The fourth-order valence-electron chi connectivity index (χ4n) is 1.75. The number of anilines is 1. The predicted octanol–water partition coefficient (Wildman–Crippen LogP) is 3.18. The highest BCUT2D eigenvalue weighted by molar-refractivity contribution is 5.29. The van der Waals surface area contributed by atoms with Crippen LogP contribution in [0.3, 0.4) is 0 Å². The molecule has 0 bridgehead atoms. The molecule has 18 heavy (non-hydrogen) atoms. The van der Waals surface area contributed by atoms with Gasteiger partial charge in [0, 0.05) is 31.0 Å². The molecular formula is C13H15F2N3. The molecule has 0 aliphatic heterocycles. The van der Waals surface area contributed by atoms with Crippen LogP contribution in [0, 0.1) is 11.6 Å². The summed E-state index contributed by atoms with van der Waals surface area (Å²) in [5.74, 6) is -0.192. The van der Waals surface area contributed by atoms with Gasteiger partial charge in [-0.2, -0.15) is 0 Å². The van der Waals surface area contributed by atoms with Crippen LogP contribution in [0.4, 0.5) is 14.7 Å². The largest absolute Gasteiger partial charge is 0.351 e. The Balaban J connectivity index is 2.06. The van der Waals surface area contributed by atoms with Crippen molar-refractivity contribution in [2.24, 2.45) is 0 Å². The molecule has 5 heteroatoms. The van der Waals surface area contributed by atoms with Gasteiger partial charge in [0.1, 0.15) is 11.6 Å². The highest BCUT2D eigenvalue weighted by Crippen LogP contribution is 2.12. The summed E-state index contributed by atoms with van der Waals surface area (Å²) < 4.78 is 28.4. The Kier molecular flexibility index (Phi) is 3.92. The Morgan fingerprint density at radius 3 is 2.94 bits per heavy atom.